The van der Waals surface area contributed by atoms with Crippen LogP contribution in [0.4, 0.5) is 0 Å². The Morgan fingerprint density at radius 1 is 1.09 bits per heavy atom. The minimum Gasteiger partial charge on any atom is -0.493 e. The molecule has 0 aliphatic heterocycles. The fourth-order valence-electron chi connectivity index (χ4n) is 8.39. The molecule has 6 rings (SSSR count). The van der Waals surface area contributed by atoms with Crippen LogP contribution in [0.3, 0.4) is 0 Å². The lowest BCUT2D eigenvalue weighted by atomic mass is 9.49. The summed E-state index contributed by atoms with van der Waals surface area (Å²) in [7, 11) is 1.48. The fourth-order valence-corrected chi connectivity index (χ4v) is 9.18. The third kappa shape index (κ3) is 6.74. The minimum atomic E-state index is -1.24. The number of aliphatic hydroxyl groups excluding tert-OH is 3. The topological polar surface area (TPSA) is 146 Å². The van der Waals surface area contributed by atoms with Gasteiger partial charge in [-0.15, -0.1) is 0 Å². The van der Waals surface area contributed by atoms with E-state index in [-0.39, 0.29) is 38.0 Å². The van der Waals surface area contributed by atoms with Crippen LogP contribution in [0.1, 0.15) is 63.9 Å². The second kappa shape index (κ2) is 13.4. The first-order chi connectivity index (χ1) is 20.6. The van der Waals surface area contributed by atoms with Crippen LogP contribution in [0.15, 0.2) is 23.8 Å². The molecule has 5 aliphatic carbocycles. The molecule has 5 aliphatic rings. The van der Waals surface area contributed by atoms with Gasteiger partial charge in [0, 0.05) is 31.5 Å². The minimum absolute atomic E-state index is 0.0467. The van der Waals surface area contributed by atoms with Crippen LogP contribution in [0.5, 0.6) is 11.5 Å². The number of amides is 2. The van der Waals surface area contributed by atoms with E-state index in [2.05, 4.69) is 27.9 Å². The Labute approximate surface area is 266 Å². The summed E-state index contributed by atoms with van der Waals surface area (Å²) in [5.74, 6) is 1.01. The van der Waals surface area contributed by atoms with Gasteiger partial charge in [0.2, 0.25) is 11.7 Å². The van der Waals surface area contributed by atoms with E-state index in [0.29, 0.717) is 50.5 Å². The van der Waals surface area contributed by atoms with E-state index >= 15 is 0 Å². The van der Waals surface area contributed by atoms with Crippen molar-refractivity contribution < 1.29 is 39.2 Å². The van der Waals surface area contributed by atoms with Gasteiger partial charge < -0.3 is 35.0 Å². The van der Waals surface area contributed by atoms with Crippen molar-refractivity contribution in [2.24, 2.45) is 23.2 Å². The molecule has 4 saturated carbocycles. The lowest BCUT2D eigenvalue weighted by molar-refractivity contribution is -0.154. The summed E-state index contributed by atoms with van der Waals surface area (Å²) >= 11 is 2.06. The molecule has 0 aromatic heterocycles. The highest BCUT2D eigenvalue weighted by molar-refractivity contribution is 14.1. The van der Waals surface area contributed by atoms with E-state index < -0.39 is 35.8 Å². The molecule has 1 aromatic carbocycles. The maximum absolute atomic E-state index is 13.8. The molecular weight excluding hydrogens is 667 g/mol. The van der Waals surface area contributed by atoms with E-state index in [1.54, 1.807) is 30.0 Å². The Morgan fingerprint density at radius 3 is 2.30 bits per heavy atom. The predicted molar refractivity (Wildman–Crippen MR) is 166 cm³/mol. The first kappa shape index (κ1) is 32.2. The summed E-state index contributed by atoms with van der Waals surface area (Å²) < 4.78 is 12.5. The van der Waals surface area contributed by atoms with E-state index in [1.165, 1.54) is 26.4 Å². The number of nitrogens with one attached hydrogen (secondary N) is 1. The second-order valence-corrected chi connectivity index (χ2v) is 14.1. The molecule has 0 spiro atoms. The molecule has 3 atom stereocenters. The summed E-state index contributed by atoms with van der Waals surface area (Å²) in [6.45, 7) is 1.65. The number of halogens is 1. The average molecular weight is 711 g/mol. The van der Waals surface area contributed by atoms with Gasteiger partial charge in [-0.25, -0.2) is 0 Å². The van der Waals surface area contributed by atoms with Crippen LogP contribution in [0.25, 0.3) is 0 Å². The molecule has 236 valence electrons. The zero-order chi connectivity index (χ0) is 30.9. The number of aliphatic hydroxyl groups is 3. The summed E-state index contributed by atoms with van der Waals surface area (Å²) in [6.07, 6.45) is 6.10. The summed E-state index contributed by atoms with van der Waals surface area (Å²) in [6, 6.07) is 2.51. The third-order valence-corrected chi connectivity index (χ3v) is 10.6. The molecular formula is C32H43IN2O8. The third-order valence-electron chi connectivity index (χ3n) is 9.83. The normalized spacial score (nSPS) is 30.9. The van der Waals surface area contributed by atoms with Crippen molar-refractivity contribution in [1.29, 1.82) is 0 Å². The summed E-state index contributed by atoms with van der Waals surface area (Å²) in [4.78, 5) is 41.5. The molecule has 10 nitrogen and oxygen atoms in total. The number of hydrogen-bond acceptors (Lipinski definition) is 8. The SMILES string of the molecule is CCC(=O)C(=O)N(CC12CC3CC(CC(C3)C1)C2)[C@@H]1CC(C(=O)NCCO)=C[C@H](Oc2c(I)cc(CO)cc2OC)[C@H]1O. The van der Waals surface area contributed by atoms with Gasteiger partial charge in [-0.2, -0.15) is 0 Å². The number of rotatable bonds is 12. The monoisotopic (exact) mass is 710 g/mol. The molecule has 1 aromatic rings. The maximum Gasteiger partial charge on any atom is 0.290 e. The van der Waals surface area contributed by atoms with Crippen molar-refractivity contribution in [2.75, 3.05) is 26.8 Å². The first-order valence-electron chi connectivity index (χ1n) is 15.4. The van der Waals surface area contributed by atoms with E-state index in [0.717, 1.165) is 19.3 Å². The molecule has 4 N–H and O–H groups in total. The maximum atomic E-state index is 13.8. The standard InChI is InChI=1S/C32H43IN2O8/c1-3-25(38)31(41)35(17-32-13-18-6-19(14-32)8-20(7-18)15-32)24-11-22(30(40)34-4-5-36)12-26(28(24)39)43-29-23(33)9-21(16-37)10-27(29)42-2/h9-10,12,18-20,24,26,28,36-37,39H,3-8,11,13-17H2,1-2H3,(H,34,40)/t18?,19?,20?,24-,26+,28+,32?/m1/s1. The number of Topliss-reactive ketones (excluding diaryl/α,β-unsaturated/α-hetero) is 1. The van der Waals surface area contributed by atoms with Gasteiger partial charge in [0.1, 0.15) is 12.2 Å². The Balaban J connectivity index is 1.51. The number of benzene rings is 1. The van der Waals surface area contributed by atoms with E-state index in [1.807, 2.05) is 0 Å². The molecule has 2 amide bonds. The molecule has 4 bridgehead atoms. The van der Waals surface area contributed by atoms with Crippen LogP contribution >= 0.6 is 22.6 Å². The zero-order valence-corrected chi connectivity index (χ0v) is 27.0. The molecule has 4 fully saturated rings. The molecule has 0 radical (unpaired) electrons. The lowest BCUT2D eigenvalue weighted by Gasteiger charge is -2.58. The predicted octanol–water partition coefficient (Wildman–Crippen LogP) is 2.73. The van der Waals surface area contributed by atoms with Gasteiger partial charge in [-0.05, 0) is 108 Å². The van der Waals surface area contributed by atoms with Crippen LogP contribution in [0.2, 0.25) is 0 Å². The zero-order valence-electron chi connectivity index (χ0n) is 24.9. The van der Waals surface area contributed by atoms with Crippen molar-refractivity contribution >= 4 is 40.2 Å². The van der Waals surface area contributed by atoms with Crippen molar-refractivity contribution in [3.8, 4) is 11.5 Å². The number of methoxy groups -OCH3 is 1. The number of hydrogen-bond donors (Lipinski definition) is 4. The van der Waals surface area contributed by atoms with Crippen LogP contribution in [0, 0.1) is 26.7 Å². The molecule has 11 heteroatoms. The van der Waals surface area contributed by atoms with Crippen molar-refractivity contribution in [3.05, 3.63) is 32.9 Å². The van der Waals surface area contributed by atoms with Crippen molar-refractivity contribution in [2.45, 2.75) is 83.1 Å². The molecule has 0 saturated heterocycles. The van der Waals surface area contributed by atoms with Crippen molar-refractivity contribution in [3.63, 3.8) is 0 Å². The highest BCUT2D eigenvalue weighted by atomic mass is 127. The van der Waals surface area contributed by atoms with Crippen LogP contribution in [-0.4, -0.2) is 82.9 Å². The first-order valence-corrected chi connectivity index (χ1v) is 16.4. The number of ether oxygens (including phenoxy) is 2. The summed E-state index contributed by atoms with van der Waals surface area (Å²) in [5, 5.41) is 33.5. The van der Waals surface area contributed by atoms with Gasteiger partial charge in [0.25, 0.3) is 5.91 Å². The largest absolute Gasteiger partial charge is 0.493 e. The second-order valence-electron chi connectivity index (χ2n) is 12.9. The highest BCUT2D eigenvalue weighted by Crippen LogP contribution is 2.60. The summed E-state index contributed by atoms with van der Waals surface area (Å²) in [5.41, 5.74) is 0.830. The Morgan fingerprint density at radius 2 is 1.74 bits per heavy atom. The quantitative estimate of drug-likeness (QED) is 0.192. The lowest BCUT2D eigenvalue weighted by Crippen LogP contribution is -2.60. The Bertz CT molecular complexity index is 1230. The molecule has 0 unspecified atom stereocenters. The Hall–Kier alpha value is -2.22. The van der Waals surface area contributed by atoms with Crippen LogP contribution in [-0.2, 0) is 21.0 Å². The number of nitrogens with zero attached hydrogens (tertiary/aromatic N) is 1. The van der Waals surface area contributed by atoms with Gasteiger partial charge in [0.05, 0.1) is 29.9 Å². The number of carbonyl (C=O) groups excluding carboxylic acids is 3. The molecule has 0 heterocycles. The van der Waals surface area contributed by atoms with Gasteiger partial charge in [0.15, 0.2) is 11.5 Å². The van der Waals surface area contributed by atoms with Gasteiger partial charge in [-0.1, -0.05) is 6.92 Å². The highest BCUT2D eigenvalue weighted by Gasteiger charge is 2.53. The average Bonchev–Trinajstić information content (AvgIpc) is 2.98. The van der Waals surface area contributed by atoms with E-state index in [4.69, 9.17) is 9.47 Å². The van der Waals surface area contributed by atoms with Gasteiger partial charge >= 0.3 is 0 Å². The van der Waals surface area contributed by atoms with Crippen LogP contribution < -0.4 is 14.8 Å². The van der Waals surface area contributed by atoms with Crippen molar-refractivity contribution in [1.82, 2.24) is 10.2 Å². The molecule has 43 heavy (non-hydrogen) atoms. The van der Waals surface area contributed by atoms with E-state index in [9.17, 15) is 29.7 Å². The van der Waals surface area contributed by atoms with Gasteiger partial charge in [-0.3, -0.25) is 14.4 Å². The number of carbonyl (C=O) groups is 3. The smallest absolute Gasteiger partial charge is 0.290 e. The Kier molecular flexibility index (Phi) is 10.0. The number of ketones is 1. The fraction of sp³-hybridized carbons (Fsp3) is 0.656.